The van der Waals surface area contributed by atoms with Crippen LogP contribution in [-0.4, -0.2) is 101 Å². The van der Waals surface area contributed by atoms with Crippen LogP contribution in [0.3, 0.4) is 0 Å². The third-order valence-corrected chi connectivity index (χ3v) is 8.45. The number of piperidine rings is 1. The predicted molar refractivity (Wildman–Crippen MR) is 163 cm³/mol. The lowest BCUT2D eigenvalue weighted by atomic mass is 9.88. The molecule has 1 aromatic carbocycles. The molecule has 15 heteroatoms. The Morgan fingerprint density at radius 3 is 1.98 bits per heavy atom. The first kappa shape index (κ1) is 33.4. The molecule has 5 aliphatic heterocycles. The quantitative estimate of drug-likeness (QED) is 0.406. The third-order valence-electron chi connectivity index (χ3n) is 7.86. The maximum atomic E-state index is 12.4. The highest BCUT2D eigenvalue weighted by molar-refractivity contribution is 9.10. The standard InChI is InChI=1S/C19H21BrF3N3O4.C11H20N2O2/c1-18(2,3)30-17(27)26-10-4-11(26)8-25(7-10)16-24-14-6-12(28-9-19(21,22)23)5-13(20)15(14)29-16;1-11(2,3)15-10(14)13-8-4-5-9(13)7-12-6-8/h5-6,10-11H,4,7-9H2,1-3H3;8-9,12H,4-7H2,1-3H3. The number of benzene rings is 1. The maximum absolute atomic E-state index is 12.4. The number of carbonyl (C=O) groups excluding carboxylic acids is 2. The Bertz CT molecular complexity index is 1380. The smallest absolute Gasteiger partial charge is 0.422 e. The molecule has 4 atom stereocenters. The van der Waals surface area contributed by atoms with Gasteiger partial charge in [0.25, 0.3) is 6.01 Å². The summed E-state index contributed by atoms with van der Waals surface area (Å²) in [7, 11) is 0. The average molecular weight is 705 g/mol. The monoisotopic (exact) mass is 703 g/mol. The molecule has 5 aliphatic rings. The number of nitrogens with one attached hydrogen (secondary N) is 1. The number of fused-ring (bicyclic) bond motifs is 5. The van der Waals surface area contributed by atoms with Crippen LogP contribution in [0.25, 0.3) is 11.1 Å². The van der Waals surface area contributed by atoms with Gasteiger partial charge in [0, 0.05) is 44.3 Å². The molecule has 4 unspecified atom stereocenters. The summed E-state index contributed by atoms with van der Waals surface area (Å²) in [6.07, 6.45) is -1.79. The maximum Gasteiger partial charge on any atom is 0.422 e. The number of nitrogens with zero attached hydrogens (tertiary/aromatic N) is 4. The van der Waals surface area contributed by atoms with Crippen LogP contribution in [0.5, 0.6) is 5.75 Å². The minimum absolute atomic E-state index is 0.00253. The number of piperazine rings is 2. The van der Waals surface area contributed by atoms with E-state index in [4.69, 9.17) is 18.6 Å². The van der Waals surface area contributed by atoms with Crippen LogP contribution in [0.4, 0.5) is 28.8 Å². The van der Waals surface area contributed by atoms with Gasteiger partial charge in [-0.1, -0.05) is 0 Å². The Labute approximate surface area is 268 Å². The normalized spacial score (nSPS) is 24.5. The summed E-state index contributed by atoms with van der Waals surface area (Å²) in [5, 5.41) is 3.35. The number of carbonyl (C=O) groups is 2. The first-order chi connectivity index (χ1) is 20.9. The zero-order chi connectivity index (χ0) is 32.9. The molecule has 5 fully saturated rings. The van der Waals surface area contributed by atoms with Crippen LogP contribution in [0.1, 0.15) is 60.8 Å². The molecular weight excluding hydrogens is 663 g/mol. The lowest BCUT2D eigenvalue weighted by Gasteiger charge is -2.55. The number of oxazole rings is 1. The van der Waals surface area contributed by atoms with Crippen molar-refractivity contribution in [2.45, 2.75) is 102 Å². The number of alkyl halides is 3. The Morgan fingerprint density at radius 1 is 0.933 bits per heavy atom. The van der Waals surface area contributed by atoms with Gasteiger partial charge < -0.3 is 28.8 Å². The number of halogens is 4. The van der Waals surface area contributed by atoms with Gasteiger partial charge in [0.1, 0.15) is 22.5 Å². The van der Waals surface area contributed by atoms with E-state index < -0.39 is 18.4 Å². The molecule has 45 heavy (non-hydrogen) atoms. The van der Waals surface area contributed by atoms with Gasteiger partial charge in [-0.15, -0.1) is 0 Å². The fourth-order valence-corrected chi connectivity index (χ4v) is 6.62. The fourth-order valence-electron chi connectivity index (χ4n) is 6.11. The number of aromatic nitrogens is 1. The van der Waals surface area contributed by atoms with Crippen molar-refractivity contribution in [1.82, 2.24) is 20.1 Å². The SMILES string of the molecule is CC(C)(C)OC(=O)N1C2CC1CN(c1nc3cc(OCC(F)(F)F)cc(Br)c3o1)C2.CC(C)(C)OC(=O)N1C2CCC1CNC2. The van der Waals surface area contributed by atoms with E-state index in [1.54, 1.807) is 4.90 Å². The van der Waals surface area contributed by atoms with Crippen molar-refractivity contribution < 1.29 is 41.4 Å². The summed E-state index contributed by atoms with van der Waals surface area (Å²) in [4.78, 5) is 34.4. The predicted octanol–water partition coefficient (Wildman–Crippen LogP) is 6.09. The molecule has 0 saturated carbocycles. The highest BCUT2D eigenvalue weighted by Crippen LogP contribution is 2.38. The minimum atomic E-state index is -4.43. The zero-order valence-electron chi connectivity index (χ0n) is 26.4. The van der Waals surface area contributed by atoms with Gasteiger partial charge in [-0.25, -0.2) is 9.59 Å². The minimum Gasteiger partial charge on any atom is -0.484 e. The molecule has 2 aromatic rings. The number of hydrogen-bond donors (Lipinski definition) is 1. The Kier molecular flexibility index (Phi) is 9.17. The van der Waals surface area contributed by atoms with E-state index in [1.165, 1.54) is 12.1 Å². The van der Waals surface area contributed by atoms with Crippen molar-refractivity contribution in [2.75, 3.05) is 37.7 Å². The lowest BCUT2D eigenvalue weighted by Crippen LogP contribution is -2.70. The highest BCUT2D eigenvalue weighted by Gasteiger charge is 2.49. The third kappa shape index (κ3) is 8.08. The molecule has 0 radical (unpaired) electrons. The van der Waals surface area contributed by atoms with E-state index >= 15 is 0 Å². The lowest BCUT2D eigenvalue weighted by molar-refractivity contribution is -0.153. The molecule has 5 saturated heterocycles. The Hall–Kier alpha value is -2.94. The molecule has 1 aromatic heterocycles. The molecule has 6 heterocycles. The highest BCUT2D eigenvalue weighted by atomic mass is 79.9. The number of anilines is 1. The van der Waals surface area contributed by atoms with E-state index in [9.17, 15) is 22.8 Å². The van der Waals surface area contributed by atoms with Gasteiger partial charge in [0.2, 0.25) is 0 Å². The van der Waals surface area contributed by atoms with Crippen molar-refractivity contribution in [3.8, 4) is 5.75 Å². The molecule has 11 nitrogen and oxygen atoms in total. The number of hydrogen-bond acceptors (Lipinski definition) is 9. The van der Waals surface area contributed by atoms with Gasteiger partial charge in [0.05, 0.1) is 16.6 Å². The van der Waals surface area contributed by atoms with Gasteiger partial charge in [-0.05, 0) is 82.8 Å². The van der Waals surface area contributed by atoms with E-state index in [0.717, 1.165) is 32.4 Å². The largest absolute Gasteiger partial charge is 0.484 e. The van der Waals surface area contributed by atoms with Crippen LogP contribution in [0.15, 0.2) is 21.0 Å². The Balaban J connectivity index is 0.000000223. The van der Waals surface area contributed by atoms with E-state index in [-0.39, 0.29) is 35.6 Å². The van der Waals surface area contributed by atoms with Crippen LogP contribution < -0.4 is 15.0 Å². The van der Waals surface area contributed by atoms with Crippen molar-refractivity contribution in [2.24, 2.45) is 0 Å². The van der Waals surface area contributed by atoms with Crippen LogP contribution in [0.2, 0.25) is 0 Å². The first-order valence-corrected chi connectivity index (χ1v) is 15.9. The van der Waals surface area contributed by atoms with Crippen molar-refractivity contribution in [1.29, 1.82) is 0 Å². The van der Waals surface area contributed by atoms with Crippen molar-refractivity contribution in [3.05, 3.63) is 16.6 Å². The van der Waals surface area contributed by atoms with Crippen molar-refractivity contribution >= 4 is 45.2 Å². The van der Waals surface area contributed by atoms with E-state index in [0.29, 0.717) is 46.8 Å². The molecule has 1 N–H and O–H groups in total. The van der Waals surface area contributed by atoms with E-state index in [1.807, 2.05) is 51.3 Å². The first-order valence-electron chi connectivity index (χ1n) is 15.1. The summed E-state index contributed by atoms with van der Waals surface area (Å²) in [6.45, 7) is 12.7. The molecule has 250 valence electrons. The van der Waals surface area contributed by atoms with Crippen LogP contribution in [0, 0.1) is 0 Å². The summed E-state index contributed by atoms with van der Waals surface area (Å²) >= 11 is 3.30. The number of rotatable bonds is 3. The summed E-state index contributed by atoms with van der Waals surface area (Å²) < 4.78 is 59.2. The molecule has 0 spiro atoms. The fraction of sp³-hybridized carbons (Fsp3) is 0.700. The molecular formula is C30H41BrF3N5O6. The second-order valence-electron chi connectivity index (χ2n) is 13.9. The zero-order valence-corrected chi connectivity index (χ0v) is 28.0. The summed E-state index contributed by atoms with van der Waals surface area (Å²) in [5.41, 5.74) is -0.132. The topological polar surface area (TPSA) is 110 Å². The molecule has 7 rings (SSSR count). The van der Waals surface area contributed by atoms with Gasteiger partial charge in [-0.2, -0.15) is 18.2 Å². The summed E-state index contributed by atoms with van der Waals surface area (Å²) in [6, 6.07) is 3.89. The average Bonchev–Trinajstić information content (AvgIpc) is 3.44. The van der Waals surface area contributed by atoms with Crippen LogP contribution >= 0.6 is 15.9 Å². The molecule has 4 bridgehead atoms. The second kappa shape index (κ2) is 12.3. The number of amides is 2. The summed E-state index contributed by atoms with van der Waals surface area (Å²) in [5.74, 6) is 0.0455. The molecule has 0 aliphatic carbocycles. The number of ether oxygens (including phenoxy) is 3. The van der Waals surface area contributed by atoms with Gasteiger partial charge >= 0.3 is 18.4 Å². The Morgan fingerprint density at radius 2 is 1.47 bits per heavy atom. The van der Waals surface area contributed by atoms with Crippen LogP contribution in [-0.2, 0) is 9.47 Å². The van der Waals surface area contributed by atoms with Crippen molar-refractivity contribution in [3.63, 3.8) is 0 Å². The van der Waals surface area contributed by atoms with E-state index in [2.05, 4.69) is 26.2 Å². The van der Waals surface area contributed by atoms with Gasteiger partial charge in [-0.3, -0.25) is 9.80 Å². The second-order valence-corrected chi connectivity index (χ2v) is 14.8. The molecule has 2 amide bonds. The van der Waals surface area contributed by atoms with Gasteiger partial charge in [0.15, 0.2) is 12.2 Å².